The van der Waals surface area contributed by atoms with Crippen LogP contribution >= 0.6 is 0 Å². The van der Waals surface area contributed by atoms with Crippen molar-refractivity contribution in [3.05, 3.63) is 65.9 Å². The lowest BCUT2D eigenvalue weighted by Crippen LogP contribution is -2.16. The van der Waals surface area contributed by atoms with Gasteiger partial charge in [-0.05, 0) is 18.2 Å². The lowest BCUT2D eigenvalue weighted by Gasteiger charge is -2.18. The van der Waals surface area contributed by atoms with Gasteiger partial charge in [0.05, 0.1) is 5.56 Å². The van der Waals surface area contributed by atoms with E-state index < -0.39 is 5.97 Å². The van der Waals surface area contributed by atoms with Crippen LogP contribution in [0.5, 0.6) is 11.5 Å². The Bertz CT molecular complexity index is 888. The molecule has 25 heavy (non-hydrogen) atoms. The van der Waals surface area contributed by atoms with E-state index >= 15 is 0 Å². The first-order valence-corrected chi connectivity index (χ1v) is 7.87. The number of fused-ring (bicyclic) bond motifs is 1. The van der Waals surface area contributed by atoms with Gasteiger partial charge in [-0.25, -0.2) is 4.79 Å². The molecule has 0 bridgehead atoms. The van der Waals surface area contributed by atoms with Crippen molar-refractivity contribution in [3.8, 4) is 22.8 Å². The number of benzene rings is 2. The van der Waals surface area contributed by atoms with Crippen LogP contribution in [0.1, 0.15) is 16.1 Å². The number of carbonyl (C=O) groups excluding carboxylic acids is 1. The maximum atomic E-state index is 12.2. The molecule has 1 aliphatic rings. The second-order valence-corrected chi connectivity index (χ2v) is 5.48. The highest BCUT2D eigenvalue weighted by Gasteiger charge is 2.16. The van der Waals surface area contributed by atoms with E-state index in [0.29, 0.717) is 41.7 Å². The standard InChI is InChI=1S/C19H15NO5/c21-19(14-6-7-16-18(10-14)23-9-8-22-16)24-12-15-11-17(25-20-15)13-4-2-1-3-5-13/h1-7,10-11H,8-9,12H2. The first-order valence-electron chi connectivity index (χ1n) is 7.87. The Kier molecular flexibility index (Phi) is 4.08. The molecule has 0 radical (unpaired) electrons. The number of rotatable bonds is 4. The van der Waals surface area contributed by atoms with Crippen LogP contribution in [0, 0.1) is 0 Å². The van der Waals surface area contributed by atoms with Gasteiger partial charge in [-0.2, -0.15) is 0 Å². The van der Waals surface area contributed by atoms with Crippen molar-refractivity contribution in [1.29, 1.82) is 0 Å². The summed E-state index contributed by atoms with van der Waals surface area (Å²) < 4.78 is 21.5. The van der Waals surface area contributed by atoms with Crippen molar-refractivity contribution < 1.29 is 23.5 Å². The molecule has 0 N–H and O–H groups in total. The van der Waals surface area contributed by atoms with Gasteiger partial charge in [-0.1, -0.05) is 35.5 Å². The third kappa shape index (κ3) is 3.33. The summed E-state index contributed by atoms with van der Waals surface area (Å²) in [5.74, 6) is 1.35. The van der Waals surface area contributed by atoms with E-state index in [-0.39, 0.29) is 6.61 Å². The van der Waals surface area contributed by atoms with Crippen molar-refractivity contribution in [2.24, 2.45) is 0 Å². The Morgan fingerprint density at radius 2 is 1.80 bits per heavy atom. The molecule has 1 aliphatic heterocycles. The molecule has 3 aromatic rings. The maximum absolute atomic E-state index is 12.2. The fourth-order valence-corrected chi connectivity index (χ4v) is 2.51. The summed E-state index contributed by atoms with van der Waals surface area (Å²) in [6.45, 7) is 1.00. The topological polar surface area (TPSA) is 70.8 Å². The normalized spacial score (nSPS) is 12.6. The van der Waals surface area contributed by atoms with Crippen molar-refractivity contribution >= 4 is 5.97 Å². The predicted molar refractivity (Wildman–Crippen MR) is 88.5 cm³/mol. The zero-order valence-corrected chi connectivity index (χ0v) is 13.3. The number of hydrogen-bond donors (Lipinski definition) is 0. The number of aromatic nitrogens is 1. The number of hydrogen-bond acceptors (Lipinski definition) is 6. The minimum Gasteiger partial charge on any atom is -0.486 e. The molecular formula is C19H15NO5. The summed E-state index contributed by atoms with van der Waals surface area (Å²) in [6, 6.07) is 16.3. The molecule has 1 aromatic heterocycles. The first kappa shape index (κ1) is 15.3. The highest BCUT2D eigenvalue weighted by atomic mass is 16.6. The van der Waals surface area contributed by atoms with Gasteiger partial charge in [0.2, 0.25) is 0 Å². The third-order valence-electron chi connectivity index (χ3n) is 3.75. The van der Waals surface area contributed by atoms with Crippen LogP contribution in [0.4, 0.5) is 0 Å². The van der Waals surface area contributed by atoms with Gasteiger partial charge in [0.15, 0.2) is 17.3 Å². The quantitative estimate of drug-likeness (QED) is 0.679. The highest BCUT2D eigenvalue weighted by molar-refractivity contribution is 5.90. The molecule has 0 saturated heterocycles. The molecule has 2 aromatic carbocycles. The Balaban J connectivity index is 1.41. The maximum Gasteiger partial charge on any atom is 0.338 e. The van der Waals surface area contributed by atoms with Crippen LogP contribution in [-0.4, -0.2) is 24.3 Å². The zero-order chi connectivity index (χ0) is 17.1. The fraction of sp³-hybridized carbons (Fsp3) is 0.158. The van der Waals surface area contributed by atoms with Crippen LogP contribution in [0.25, 0.3) is 11.3 Å². The Hall–Kier alpha value is -3.28. The monoisotopic (exact) mass is 337 g/mol. The van der Waals surface area contributed by atoms with Crippen LogP contribution in [0.3, 0.4) is 0 Å². The SMILES string of the molecule is O=C(OCc1cc(-c2ccccc2)on1)c1ccc2c(c1)OCCO2. The first-order chi connectivity index (χ1) is 12.3. The second kappa shape index (κ2) is 6.68. The van der Waals surface area contributed by atoms with Gasteiger partial charge in [0.25, 0.3) is 0 Å². The summed E-state index contributed by atoms with van der Waals surface area (Å²) >= 11 is 0. The summed E-state index contributed by atoms with van der Waals surface area (Å²) in [7, 11) is 0. The van der Waals surface area contributed by atoms with E-state index in [9.17, 15) is 4.79 Å². The molecule has 6 nitrogen and oxygen atoms in total. The molecule has 0 unspecified atom stereocenters. The fourth-order valence-electron chi connectivity index (χ4n) is 2.51. The minimum absolute atomic E-state index is 0.0314. The van der Waals surface area contributed by atoms with E-state index in [2.05, 4.69) is 5.16 Å². The third-order valence-corrected chi connectivity index (χ3v) is 3.75. The van der Waals surface area contributed by atoms with Crippen molar-refractivity contribution in [3.63, 3.8) is 0 Å². The molecule has 0 aliphatic carbocycles. The van der Waals surface area contributed by atoms with Crippen molar-refractivity contribution in [2.75, 3.05) is 13.2 Å². The van der Waals surface area contributed by atoms with Gasteiger partial charge < -0.3 is 18.7 Å². The molecule has 0 amide bonds. The largest absolute Gasteiger partial charge is 0.486 e. The second-order valence-electron chi connectivity index (χ2n) is 5.48. The number of esters is 1. The zero-order valence-electron chi connectivity index (χ0n) is 13.3. The van der Waals surface area contributed by atoms with Crippen molar-refractivity contribution in [2.45, 2.75) is 6.61 Å². The average Bonchev–Trinajstić information content (AvgIpc) is 3.15. The molecule has 6 heteroatoms. The molecule has 126 valence electrons. The smallest absolute Gasteiger partial charge is 0.338 e. The Morgan fingerprint density at radius 3 is 2.64 bits per heavy atom. The van der Waals surface area contributed by atoms with Crippen LogP contribution in [0.15, 0.2) is 59.1 Å². The van der Waals surface area contributed by atoms with Gasteiger partial charge >= 0.3 is 5.97 Å². The van der Waals surface area contributed by atoms with Crippen LogP contribution < -0.4 is 9.47 Å². The molecule has 0 atom stereocenters. The average molecular weight is 337 g/mol. The molecule has 0 saturated carbocycles. The molecule has 0 spiro atoms. The summed E-state index contributed by atoms with van der Waals surface area (Å²) in [5, 5.41) is 3.93. The molecule has 0 fully saturated rings. The van der Waals surface area contributed by atoms with Gasteiger partial charge in [0, 0.05) is 11.6 Å². The van der Waals surface area contributed by atoms with Gasteiger partial charge in [-0.3, -0.25) is 0 Å². The van der Waals surface area contributed by atoms with E-state index in [0.717, 1.165) is 5.56 Å². The number of carbonyl (C=O) groups is 1. The summed E-state index contributed by atoms with van der Waals surface area (Å²) in [5.41, 5.74) is 1.86. The van der Waals surface area contributed by atoms with Gasteiger partial charge in [0.1, 0.15) is 25.5 Å². The Labute approximate surface area is 143 Å². The van der Waals surface area contributed by atoms with E-state index in [4.69, 9.17) is 18.7 Å². The summed E-state index contributed by atoms with van der Waals surface area (Å²) in [4.78, 5) is 12.2. The minimum atomic E-state index is -0.457. The van der Waals surface area contributed by atoms with E-state index in [1.807, 2.05) is 30.3 Å². The molecular weight excluding hydrogens is 322 g/mol. The Morgan fingerprint density at radius 1 is 1.00 bits per heavy atom. The lowest BCUT2D eigenvalue weighted by atomic mass is 10.2. The lowest BCUT2D eigenvalue weighted by molar-refractivity contribution is 0.0463. The van der Waals surface area contributed by atoms with E-state index in [1.54, 1.807) is 24.3 Å². The van der Waals surface area contributed by atoms with E-state index in [1.165, 1.54) is 0 Å². The predicted octanol–water partition coefficient (Wildman–Crippen LogP) is 3.47. The van der Waals surface area contributed by atoms with Crippen molar-refractivity contribution in [1.82, 2.24) is 5.16 Å². The van der Waals surface area contributed by atoms with Gasteiger partial charge in [-0.15, -0.1) is 0 Å². The summed E-state index contributed by atoms with van der Waals surface area (Å²) in [6.07, 6.45) is 0. The number of ether oxygens (including phenoxy) is 3. The van der Waals surface area contributed by atoms with Crippen LogP contribution in [-0.2, 0) is 11.3 Å². The highest BCUT2D eigenvalue weighted by Crippen LogP contribution is 2.31. The molecule has 2 heterocycles. The van der Waals surface area contributed by atoms with Crippen LogP contribution in [0.2, 0.25) is 0 Å². The number of nitrogens with zero attached hydrogens (tertiary/aromatic N) is 1. The molecule has 4 rings (SSSR count).